The Bertz CT molecular complexity index is 160. The predicted molar refractivity (Wildman–Crippen MR) is 49.8 cm³/mol. The van der Waals surface area contributed by atoms with E-state index in [0.717, 1.165) is 9.92 Å². The number of halogens is 6. The van der Waals surface area contributed by atoms with Crippen molar-refractivity contribution in [3.63, 3.8) is 0 Å². The lowest BCUT2D eigenvalue weighted by molar-refractivity contribution is 1.11. The Labute approximate surface area is 82.5 Å². The van der Waals surface area contributed by atoms with Crippen LogP contribution in [0.1, 0.15) is 0 Å². The summed E-state index contributed by atoms with van der Waals surface area (Å²) in [4.78, 5) is 0.828. The Hall–Kier alpha value is -0.620. The molecule has 1 aromatic carbocycles. The Kier molecular flexibility index (Phi) is 31.6. The van der Waals surface area contributed by atoms with E-state index in [2.05, 4.69) is 0 Å². The minimum absolute atomic E-state index is 0. The normalized spacial score (nSPS) is 5.62. The molecular formula is C6H9ClF5S. The van der Waals surface area contributed by atoms with Crippen LogP contribution in [0.4, 0.5) is 23.5 Å². The van der Waals surface area contributed by atoms with Crippen molar-refractivity contribution in [1.82, 2.24) is 0 Å². The van der Waals surface area contributed by atoms with Gasteiger partial charge in [0.05, 0.1) is 0 Å². The third-order valence-corrected chi connectivity index (χ3v) is 1.34. The lowest BCUT2D eigenvalue weighted by atomic mass is 10.4. The van der Waals surface area contributed by atoms with Gasteiger partial charge in [0.25, 0.3) is 0 Å². The fourth-order valence-electron chi connectivity index (χ4n) is 0.435. The Morgan fingerprint density at radius 1 is 0.769 bits per heavy atom. The average molecular weight is 244 g/mol. The molecule has 0 aliphatic carbocycles. The van der Waals surface area contributed by atoms with E-state index in [0.29, 0.717) is 0 Å². The minimum Gasteiger partial charge on any atom is -0.269 e. The van der Waals surface area contributed by atoms with E-state index in [1.54, 1.807) is 24.3 Å². The molecule has 0 bridgehead atoms. The first-order chi connectivity index (χ1) is 3.79. The van der Waals surface area contributed by atoms with E-state index in [9.17, 15) is 0 Å². The van der Waals surface area contributed by atoms with Crippen molar-refractivity contribution in [2.75, 3.05) is 0 Å². The van der Waals surface area contributed by atoms with Gasteiger partial charge in [0.1, 0.15) is 0 Å². The smallest absolute Gasteiger partial charge is 0.0406 e. The van der Waals surface area contributed by atoms with Crippen LogP contribution in [0.25, 0.3) is 0 Å². The molecule has 0 aliphatic heterocycles. The third-order valence-electron chi connectivity index (χ3n) is 0.814. The van der Waals surface area contributed by atoms with Gasteiger partial charge in [-0.2, -0.15) is 0 Å². The molecule has 0 N–H and O–H groups in total. The average Bonchev–Trinajstić information content (AvgIpc) is 1.77. The molecule has 0 saturated carbocycles. The van der Waals surface area contributed by atoms with Crippen molar-refractivity contribution in [2.45, 2.75) is 4.90 Å². The lowest BCUT2D eigenvalue weighted by Gasteiger charge is -1.86. The summed E-state index contributed by atoms with van der Waals surface area (Å²) < 4.78 is 0. The predicted octanol–water partition coefficient (Wildman–Crippen LogP) is 3.66. The maximum atomic E-state index is 5.57. The topological polar surface area (TPSA) is 0 Å². The minimum atomic E-state index is 0. The first-order valence-electron chi connectivity index (χ1n) is 2.21. The molecule has 1 aromatic rings. The first-order valence-corrected chi connectivity index (χ1v) is 3.00. The summed E-state index contributed by atoms with van der Waals surface area (Å²) in [6.07, 6.45) is 0. The molecule has 0 aromatic heterocycles. The van der Waals surface area contributed by atoms with Gasteiger partial charge < -0.3 is 0 Å². The maximum absolute atomic E-state index is 5.57. The third kappa shape index (κ3) is 11.4. The van der Waals surface area contributed by atoms with Crippen LogP contribution in [-0.2, 0) is 0 Å². The molecule has 13 heavy (non-hydrogen) atoms. The van der Waals surface area contributed by atoms with Crippen molar-refractivity contribution in [3.8, 4) is 0 Å². The molecule has 0 spiro atoms. The van der Waals surface area contributed by atoms with Gasteiger partial charge >= 0.3 is 0 Å². The number of rotatable bonds is 0. The Morgan fingerprint density at radius 3 is 1.31 bits per heavy atom. The zero-order valence-electron chi connectivity index (χ0n) is 6.14. The highest BCUT2D eigenvalue weighted by Gasteiger charge is 1.83. The molecule has 0 fully saturated rings. The summed E-state index contributed by atoms with van der Waals surface area (Å²) >= 11 is 10.4. The highest BCUT2D eigenvalue weighted by atomic mass is 35.5. The number of hydrogen-bond donors (Lipinski definition) is 0. The number of benzene rings is 1. The summed E-state index contributed by atoms with van der Waals surface area (Å²) in [5.41, 5.74) is 0. The lowest BCUT2D eigenvalue weighted by Crippen LogP contribution is -1.61. The fraction of sp³-hybridized carbons (Fsp3) is 0. The van der Waals surface area contributed by atoms with Gasteiger partial charge in [-0.3, -0.25) is 23.5 Å². The van der Waals surface area contributed by atoms with Crippen LogP contribution in [0.2, 0.25) is 5.02 Å². The molecule has 0 heterocycles. The van der Waals surface area contributed by atoms with Crippen LogP contribution in [0, 0.1) is 0 Å². The van der Waals surface area contributed by atoms with E-state index in [4.69, 9.17) is 24.2 Å². The van der Waals surface area contributed by atoms with E-state index in [1.807, 2.05) is 0 Å². The van der Waals surface area contributed by atoms with Crippen molar-refractivity contribution in [1.29, 1.82) is 0 Å². The molecule has 1 rings (SSSR count). The monoisotopic (exact) mass is 243 g/mol. The zero-order chi connectivity index (χ0) is 5.98. The van der Waals surface area contributed by atoms with Crippen molar-refractivity contribution in [2.24, 2.45) is 0 Å². The van der Waals surface area contributed by atoms with Crippen LogP contribution < -0.4 is 0 Å². The van der Waals surface area contributed by atoms with Crippen molar-refractivity contribution >= 4 is 24.2 Å². The first kappa shape index (κ1) is 29.4. The summed E-state index contributed by atoms with van der Waals surface area (Å²) in [6, 6.07) is 7.17. The van der Waals surface area contributed by atoms with E-state index < -0.39 is 0 Å². The molecule has 1 radical (unpaired) electrons. The molecular weight excluding hydrogens is 235 g/mol. The van der Waals surface area contributed by atoms with Crippen LogP contribution in [0.15, 0.2) is 29.2 Å². The van der Waals surface area contributed by atoms with E-state index in [-0.39, 0.29) is 23.5 Å². The van der Waals surface area contributed by atoms with E-state index >= 15 is 0 Å². The molecule has 0 aliphatic rings. The molecule has 0 unspecified atom stereocenters. The second kappa shape index (κ2) is 13.9. The highest BCUT2D eigenvalue weighted by Crippen LogP contribution is 2.11. The largest absolute Gasteiger partial charge is 0.269 e. The summed E-state index contributed by atoms with van der Waals surface area (Å²) in [5, 5.41) is 0.735. The van der Waals surface area contributed by atoms with Gasteiger partial charge in [-0.05, 0) is 24.3 Å². The van der Waals surface area contributed by atoms with E-state index in [1.165, 1.54) is 0 Å². The van der Waals surface area contributed by atoms with Gasteiger partial charge in [-0.15, -0.1) is 0 Å². The molecule has 7 heteroatoms. The molecule has 0 nitrogen and oxygen atoms in total. The van der Waals surface area contributed by atoms with Gasteiger partial charge in [0.2, 0.25) is 0 Å². The van der Waals surface area contributed by atoms with Crippen molar-refractivity contribution < 1.29 is 23.5 Å². The zero-order valence-corrected chi connectivity index (χ0v) is 7.71. The maximum Gasteiger partial charge on any atom is 0.0406 e. The Balaban J connectivity index is -0.0000000427. The standard InChI is InChI=1S/C6H4ClS.5FH/c7-5-1-3-6(8)4-2-5;;;;;/h1-4H;5*1H. The van der Waals surface area contributed by atoms with Gasteiger partial charge in [0, 0.05) is 9.92 Å². The second-order valence-corrected chi connectivity index (χ2v) is 2.36. The van der Waals surface area contributed by atoms with Crippen LogP contribution >= 0.6 is 24.2 Å². The Morgan fingerprint density at radius 2 is 1.08 bits per heavy atom. The summed E-state index contributed by atoms with van der Waals surface area (Å²) in [5.74, 6) is 0. The van der Waals surface area contributed by atoms with Crippen LogP contribution in [0.5, 0.6) is 0 Å². The quantitative estimate of drug-likeness (QED) is 0.610. The van der Waals surface area contributed by atoms with Gasteiger partial charge in [-0.25, -0.2) is 0 Å². The molecule has 0 atom stereocenters. The molecule has 0 amide bonds. The van der Waals surface area contributed by atoms with Gasteiger partial charge in [0.15, 0.2) is 0 Å². The second-order valence-electron chi connectivity index (χ2n) is 1.45. The fourth-order valence-corrected chi connectivity index (χ4v) is 0.697. The molecule has 0 saturated heterocycles. The van der Waals surface area contributed by atoms with Crippen LogP contribution in [-0.4, -0.2) is 0 Å². The highest BCUT2D eigenvalue weighted by molar-refractivity contribution is 7.80. The summed E-state index contributed by atoms with van der Waals surface area (Å²) in [6.45, 7) is 0. The van der Waals surface area contributed by atoms with Crippen LogP contribution in [0.3, 0.4) is 0 Å². The summed E-state index contributed by atoms with van der Waals surface area (Å²) in [7, 11) is 0. The van der Waals surface area contributed by atoms with Gasteiger partial charge in [-0.1, -0.05) is 24.2 Å². The van der Waals surface area contributed by atoms with Crippen molar-refractivity contribution in [3.05, 3.63) is 29.3 Å². The molecule has 81 valence electrons. The number of hydrogen-bond acceptors (Lipinski definition) is 0. The SMILES string of the molecule is F.F.F.F.F.[S]c1ccc(Cl)cc1.